The molecular weight excluding hydrogens is 280 g/mol. The van der Waals surface area contributed by atoms with Gasteiger partial charge < -0.3 is 15.3 Å². The van der Waals surface area contributed by atoms with Gasteiger partial charge in [0, 0.05) is 13.1 Å². The Morgan fingerprint density at radius 2 is 2.00 bits per heavy atom. The average molecular weight is 302 g/mol. The van der Waals surface area contributed by atoms with Crippen LogP contribution in [-0.4, -0.2) is 45.5 Å². The first kappa shape index (κ1) is 16.0. The van der Waals surface area contributed by atoms with Gasteiger partial charge in [0.1, 0.15) is 0 Å². The first-order valence-electron chi connectivity index (χ1n) is 7.37. The first-order valence-corrected chi connectivity index (χ1v) is 7.37. The monoisotopic (exact) mass is 302 g/mol. The molecule has 2 N–H and O–H groups in total. The summed E-state index contributed by atoms with van der Waals surface area (Å²) in [6, 6.07) is 9.56. The number of aliphatic hydroxyl groups is 1. The van der Waals surface area contributed by atoms with Crippen molar-refractivity contribution in [1.29, 1.82) is 0 Å². The molecule has 0 fully saturated rings. The van der Waals surface area contributed by atoms with Crippen LogP contribution in [-0.2, 0) is 0 Å². The molecule has 0 saturated heterocycles. The molecule has 6 nitrogen and oxygen atoms in total. The summed E-state index contributed by atoms with van der Waals surface area (Å²) in [6.45, 7) is 6.46. The van der Waals surface area contributed by atoms with E-state index in [0.29, 0.717) is 18.8 Å². The van der Waals surface area contributed by atoms with E-state index in [9.17, 15) is 4.79 Å². The second-order valence-electron chi connectivity index (χ2n) is 5.03. The van der Waals surface area contributed by atoms with Gasteiger partial charge in [0.25, 0.3) is 0 Å². The number of amides is 2. The summed E-state index contributed by atoms with van der Waals surface area (Å²) in [5.74, 6) is 0. The molecule has 2 amide bonds. The predicted molar refractivity (Wildman–Crippen MR) is 86.4 cm³/mol. The Bertz CT molecular complexity index is 637. The lowest BCUT2D eigenvalue weighted by Crippen LogP contribution is -2.37. The molecule has 0 aliphatic heterocycles. The molecule has 0 unspecified atom stereocenters. The van der Waals surface area contributed by atoms with Crippen LogP contribution in [0.5, 0.6) is 0 Å². The number of urea groups is 1. The van der Waals surface area contributed by atoms with E-state index in [-0.39, 0.29) is 12.6 Å². The van der Waals surface area contributed by atoms with Gasteiger partial charge in [-0.15, -0.1) is 0 Å². The minimum Gasteiger partial charge on any atom is -0.395 e. The van der Waals surface area contributed by atoms with Crippen LogP contribution in [0.2, 0.25) is 0 Å². The average Bonchev–Trinajstić information content (AvgIpc) is 2.81. The highest BCUT2D eigenvalue weighted by Crippen LogP contribution is 2.23. The zero-order chi connectivity index (χ0) is 16.1. The molecule has 0 atom stereocenters. The van der Waals surface area contributed by atoms with E-state index in [2.05, 4.69) is 10.4 Å². The van der Waals surface area contributed by atoms with E-state index in [0.717, 1.165) is 17.1 Å². The van der Waals surface area contributed by atoms with Gasteiger partial charge >= 0.3 is 6.03 Å². The Balaban J connectivity index is 2.26. The van der Waals surface area contributed by atoms with Gasteiger partial charge in [-0.2, -0.15) is 5.10 Å². The SMILES string of the molecule is CCN(CCO)C(=O)Nc1c(C)nn(-c2ccccc2)c1C. The summed E-state index contributed by atoms with van der Waals surface area (Å²) in [5, 5.41) is 16.4. The van der Waals surface area contributed by atoms with Crippen LogP contribution in [0.15, 0.2) is 30.3 Å². The standard InChI is InChI=1S/C16H22N4O2/c1-4-19(10-11-21)16(22)17-15-12(2)18-20(13(15)3)14-8-6-5-7-9-14/h5-9,21H,4,10-11H2,1-3H3,(H,17,22). The molecule has 0 aliphatic rings. The number of hydrogen-bond acceptors (Lipinski definition) is 3. The van der Waals surface area contributed by atoms with Crippen LogP contribution < -0.4 is 5.32 Å². The quantitative estimate of drug-likeness (QED) is 0.890. The fourth-order valence-corrected chi connectivity index (χ4v) is 2.35. The lowest BCUT2D eigenvalue weighted by atomic mass is 10.3. The molecule has 2 aromatic rings. The number of aromatic nitrogens is 2. The number of aryl methyl sites for hydroxylation is 1. The molecule has 22 heavy (non-hydrogen) atoms. The number of carbonyl (C=O) groups excluding carboxylic acids is 1. The van der Waals surface area contributed by atoms with Crippen molar-refractivity contribution in [3.05, 3.63) is 41.7 Å². The first-order chi connectivity index (χ1) is 10.6. The number of para-hydroxylation sites is 1. The lowest BCUT2D eigenvalue weighted by Gasteiger charge is -2.20. The Morgan fingerprint density at radius 3 is 2.59 bits per heavy atom. The molecule has 2 rings (SSSR count). The lowest BCUT2D eigenvalue weighted by molar-refractivity contribution is 0.192. The maximum atomic E-state index is 12.3. The summed E-state index contributed by atoms with van der Waals surface area (Å²) in [7, 11) is 0. The molecule has 1 aromatic carbocycles. The number of nitrogens with zero attached hydrogens (tertiary/aromatic N) is 3. The highest BCUT2D eigenvalue weighted by molar-refractivity contribution is 5.90. The molecule has 0 spiro atoms. The fourth-order valence-electron chi connectivity index (χ4n) is 2.35. The zero-order valence-corrected chi connectivity index (χ0v) is 13.2. The summed E-state index contributed by atoms with van der Waals surface area (Å²) in [5.41, 5.74) is 3.29. The molecule has 1 heterocycles. The van der Waals surface area contributed by atoms with E-state index in [1.165, 1.54) is 0 Å². The summed E-state index contributed by atoms with van der Waals surface area (Å²) >= 11 is 0. The number of likely N-dealkylation sites (N-methyl/N-ethyl adjacent to an activating group) is 1. The Labute approximate surface area is 130 Å². The molecule has 0 aliphatic carbocycles. The molecule has 0 saturated carbocycles. The van der Waals surface area contributed by atoms with Gasteiger partial charge in [-0.05, 0) is 32.9 Å². The molecule has 0 radical (unpaired) electrons. The van der Waals surface area contributed by atoms with Crippen molar-refractivity contribution < 1.29 is 9.90 Å². The van der Waals surface area contributed by atoms with Crippen molar-refractivity contribution in [3.63, 3.8) is 0 Å². The van der Waals surface area contributed by atoms with Gasteiger partial charge in [0.15, 0.2) is 0 Å². The minimum absolute atomic E-state index is 0.0531. The molecule has 6 heteroatoms. The Kier molecular flexibility index (Phi) is 5.16. The van der Waals surface area contributed by atoms with Crippen molar-refractivity contribution in [3.8, 4) is 5.69 Å². The Morgan fingerprint density at radius 1 is 1.32 bits per heavy atom. The number of aliphatic hydroxyl groups excluding tert-OH is 1. The molecule has 1 aromatic heterocycles. The van der Waals surface area contributed by atoms with E-state index in [1.54, 1.807) is 4.90 Å². The summed E-state index contributed by atoms with van der Waals surface area (Å²) in [6.07, 6.45) is 0. The van der Waals surface area contributed by atoms with Gasteiger partial charge in [-0.3, -0.25) is 0 Å². The van der Waals surface area contributed by atoms with Gasteiger partial charge in [-0.1, -0.05) is 18.2 Å². The number of anilines is 1. The molecule has 118 valence electrons. The smallest absolute Gasteiger partial charge is 0.322 e. The van der Waals surface area contributed by atoms with E-state index in [4.69, 9.17) is 5.11 Å². The van der Waals surface area contributed by atoms with Crippen molar-refractivity contribution in [1.82, 2.24) is 14.7 Å². The van der Waals surface area contributed by atoms with Crippen molar-refractivity contribution in [2.75, 3.05) is 25.0 Å². The van der Waals surface area contributed by atoms with E-state index >= 15 is 0 Å². The number of carbonyl (C=O) groups is 1. The van der Waals surface area contributed by atoms with Crippen molar-refractivity contribution in [2.24, 2.45) is 0 Å². The van der Waals surface area contributed by atoms with Crippen LogP contribution in [0.1, 0.15) is 18.3 Å². The summed E-state index contributed by atoms with van der Waals surface area (Å²) in [4.78, 5) is 13.8. The van der Waals surface area contributed by atoms with Crippen LogP contribution in [0.4, 0.5) is 10.5 Å². The zero-order valence-electron chi connectivity index (χ0n) is 13.2. The van der Waals surface area contributed by atoms with Crippen LogP contribution in [0.25, 0.3) is 5.69 Å². The fraction of sp³-hybridized carbons (Fsp3) is 0.375. The minimum atomic E-state index is -0.227. The van der Waals surface area contributed by atoms with Gasteiger partial charge in [0.05, 0.1) is 29.4 Å². The predicted octanol–water partition coefficient (Wildman–Crippen LogP) is 2.34. The van der Waals surface area contributed by atoms with Crippen molar-refractivity contribution >= 4 is 11.7 Å². The Hall–Kier alpha value is -2.34. The van der Waals surface area contributed by atoms with Crippen molar-refractivity contribution in [2.45, 2.75) is 20.8 Å². The highest BCUT2D eigenvalue weighted by atomic mass is 16.3. The maximum Gasteiger partial charge on any atom is 0.322 e. The second-order valence-corrected chi connectivity index (χ2v) is 5.03. The third kappa shape index (κ3) is 3.28. The van der Waals surface area contributed by atoms with Gasteiger partial charge in [0.2, 0.25) is 0 Å². The van der Waals surface area contributed by atoms with E-state index < -0.39 is 0 Å². The third-order valence-corrected chi connectivity index (χ3v) is 3.56. The molecular formula is C16H22N4O2. The highest BCUT2D eigenvalue weighted by Gasteiger charge is 2.17. The second kappa shape index (κ2) is 7.09. The number of hydrogen-bond donors (Lipinski definition) is 2. The normalized spacial score (nSPS) is 10.5. The van der Waals surface area contributed by atoms with E-state index in [1.807, 2.05) is 55.8 Å². The van der Waals surface area contributed by atoms with Crippen LogP contribution >= 0.6 is 0 Å². The topological polar surface area (TPSA) is 70.4 Å². The van der Waals surface area contributed by atoms with Crippen LogP contribution in [0.3, 0.4) is 0 Å². The maximum absolute atomic E-state index is 12.3. The molecule has 0 bridgehead atoms. The number of rotatable bonds is 5. The summed E-state index contributed by atoms with van der Waals surface area (Å²) < 4.78 is 1.81. The number of benzene rings is 1. The largest absolute Gasteiger partial charge is 0.395 e. The van der Waals surface area contributed by atoms with Gasteiger partial charge in [-0.25, -0.2) is 9.48 Å². The van der Waals surface area contributed by atoms with Crippen LogP contribution in [0, 0.1) is 13.8 Å². The number of nitrogens with one attached hydrogen (secondary N) is 1. The third-order valence-electron chi connectivity index (χ3n) is 3.56.